The maximum absolute atomic E-state index is 12.7. The predicted molar refractivity (Wildman–Crippen MR) is 128 cm³/mol. The van der Waals surface area contributed by atoms with E-state index < -0.39 is 0 Å². The fourth-order valence-corrected chi connectivity index (χ4v) is 4.24. The molecule has 32 heavy (non-hydrogen) atoms. The van der Waals surface area contributed by atoms with Crippen LogP contribution in [0.15, 0.2) is 84.0 Å². The van der Waals surface area contributed by atoms with E-state index in [0.717, 1.165) is 22.8 Å². The van der Waals surface area contributed by atoms with Gasteiger partial charge in [0.25, 0.3) is 0 Å². The van der Waals surface area contributed by atoms with E-state index in [-0.39, 0.29) is 11.5 Å². The molecule has 4 rings (SSSR count). The minimum Gasteiger partial charge on any atom is -0.494 e. The molecule has 0 saturated heterocycles. The lowest BCUT2D eigenvalue weighted by molar-refractivity contribution is 0.102. The second-order valence-corrected chi connectivity index (χ2v) is 8.42. The third-order valence-electron chi connectivity index (χ3n) is 4.81. The number of Topliss-reactive ketones (excluding diaryl/α,β-unsaturated/α-hetero) is 1. The topological polar surface area (TPSA) is 57.0 Å². The van der Waals surface area contributed by atoms with Gasteiger partial charge in [-0.05, 0) is 61.0 Å². The largest absolute Gasteiger partial charge is 0.494 e. The van der Waals surface area contributed by atoms with Crippen LogP contribution >= 0.6 is 23.4 Å². The molecule has 3 aromatic carbocycles. The van der Waals surface area contributed by atoms with Gasteiger partial charge in [-0.3, -0.25) is 9.36 Å². The summed E-state index contributed by atoms with van der Waals surface area (Å²) in [7, 11) is 0. The molecule has 0 fully saturated rings. The maximum Gasteiger partial charge on any atom is 0.196 e. The third kappa shape index (κ3) is 5.39. The van der Waals surface area contributed by atoms with E-state index in [0.29, 0.717) is 28.8 Å². The van der Waals surface area contributed by atoms with Crippen molar-refractivity contribution in [3.8, 4) is 11.4 Å². The zero-order valence-corrected chi connectivity index (χ0v) is 19.1. The van der Waals surface area contributed by atoms with Gasteiger partial charge in [0.1, 0.15) is 11.6 Å². The number of halogens is 1. The van der Waals surface area contributed by atoms with E-state index in [1.807, 2.05) is 54.0 Å². The summed E-state index contributed by atoms with van der Waals surface area (Å²) in [4.78, 5) is 12.7. The van der Waals surface area contributed by atoms with Crippen LogP contribution in [-0.2, 0) is 6.42 Å². The lowest BCUT2D eigenvalue weighted by atomic mass is 10.1. The number of benzene rings is 3. The molecule has 0 saturated carbocycles. The maximum atomic E-state index is 12.7. The number of hydrogen-bond acceptors (Lipinski definition) is 5. The first kappa shape index (κ1) is 22.1. The summed E-state index contributed by atoms with van der Waals surface area (Å²) in [6.07, 6.45) is 0.632. The van der Waals surface area contributed by atoms with Gasteiger partial charge in [0.15, 0.2) is 10.9 Å². The first-order valence-corrected chi connectivity index (χ1v) is 11.6. The molecule has 0 aliphatic carbocycles. The van der Waals surface area contributed by atoms with Crippen molar-refractivity contribution in [2.24, 2.45) is 0 Å². The Labute approximate surface area is 196 Å². The van der Waals surface area contributed by atoms with Crippen molar-refractivity contribution in [1.82, 2.24) is 14.8 Å². The molecule has 1 aromatic heterocycles. The molecule has 0 radical (unpaired) electrons. The molecule has 0 amide bonds. The molecule has 4 aromatic rings. The highest BCUT2D eigenvalue weighted by Crippen LogP contribution is 2.26. The molecule has 0 bridgehead atoms. The number of rotatable bonds is 9. The van der Waals surface area contributed by atoms with Crippen LogP contribution in [-0.4, -0.2) is 32.9 Å². The van der Waals surface area contributed by atoms with Crippen molar-refractivity contribution in [3.05, 3.63) is 101 Å². The lowest BCUT2D eigenvalue weighted by Gasteiger charge is -2.11. The average molecular weight is 464 g/mol. The van der Waals surface area contributed by atoms with Gasteiger partial charge in [-0.2, -0.15) is 0 Å². The minimum atomic E-state index is 0.0116. The molecular formula is C25H22ClN3O2S. The monoisotopic (exact) mass is 463 g/mol. The smallest absolute Gasteiger partial charge is 0.196 e. The second kappa shape index (κ2) is 10.5. The minimum absolute atomic E-state index is 0.0116. The Balaban J connectivity index is 1.60. The van der Waals surface area contributed by atoms with Crippen LogP contribution in [0.5, 0.6) is 5.75 Å². The summed E-state index contributed by atoms with van der Waals surface area (Å²) in [6.45, 7) is 2.57. The van der Waals surface area contributed by atoms with Crippen molar-refractivity contribution in [2.45, 2.75) is 18.5 Å². The Morgan fingerprint density at radius 2 is 1.69 bits per heavy atom. The summed E-state index contributed by atoms with van der Waals surface area (Å²) < 4.78 is 7.57. The van der Waals surface area contributed by atoms with Gasteiger partial charge in [-0.1, -0.05) is 53.7 Å². The Morgan fingerprint density at radius 3 is 2.38 bits per heavy atom. The zero-order chi connectivity index (χ0) is 22.3. The molecule has 0 unspecified atom stereocenters. The highest BCUT2D eigenvalue weighted by molar-refractivity contribution is 7.99. The van der Waals surface area contributed by atoms with Crippen LogP contribution in [0.25, 0.3) is 5.69 Å². The standard InChI is InChI=1S/C25H22ClN3O2S/c1-2-31-22-14-12-21(13-15-22)29-24(16-18-6-4-3-5-7-18)27-28-25(29)32-17-23(30)19-8-10-20(26)11-9-19/h3-15H,2,16-17H2,1H3. The molecule has 0 N–H and O–H groups in total. The molecule has 0 aliphatic rings. The lowest BCUT2D eigenvalue weighted by Crippen LogP contribution is -2.06. The highest BCUT2D eigenvalue weighted by Gasteiger charge is 2.17. The van der Waals surface area contributed by atoms with Gasteiger partial charge in [0.05, 0.1) is 12.4 Å². The highest BCUT2D eigenvalue weighted by atomic mass is 35.5. The van der Waals surface area contributed by atoms with Gasteiger partial charge < -0.3 is 4.74 Å². The van der Waals surface area contributed by atoms with Crippen LogP contribution in [0.2, 0.25) is 5.02 Å². The number of nitrogens with zero attached hydrogens (tertiary/aromatic N) is 3. The van der Waals surface area contributed by atoms with Gasteiger partial charge >= 0.3 is 0 Å². The van der Waals surface area contributed by atoms with Crippen molar-refractivity contribution in [3.63, 3.8) is 0 Å². The number of carbonyl (C=O) groups is 1. The van der Waals surface area contributed by atoms with Crippen molar-refractivity contribution >= 4 is 29.1 Å². The molecule has 162 valence electrons. The van der Waals surface area contributed by atoms with Gasteiger partial charge in [0, 0.05) is 22.7 Å². The quantitative estimate of drug-likeness (QED) is 0.229. The van der Waals surface area contributed by atoms with Crippen molar-refractivity contribution in [2.75, 3.05) is 12.4 Å². The number of thioether (sulfide) groups is 1. The van der Waals surface area contributed by atoms with Crippen LogP contribution < -0.4 is 4.74 Å². The SMILES string of the molecule is CCOc1ccc(-n2c(Cc3ccccc3)nnc2SCC(=O)c2ccc(Cl)cc2)cc1. The predicted octanol–water partition coefficient (Wildman–Crippen LogP) is 5.89. The number of ketones is 1. The Kier molecular flexibility index (Phi) is 7.24. The Morgan fingerprint density at radius 1 is 0.969 bits per heavy atom. The summed E-state index contributed by atoms with van der Waals surface area (Å²) in [5.74, 6) is 1.88. The molecule has 0 atom stereocenters. The Bertz CT molecular complexity index is 1180. The fourth-order valence-electron chi connectivity index (χ4n) is 3.25. The molecule has 7 heteroatoms. The fraction of sp³-hybridized carbons (Fsp3) is 0.160. The van der Waals surface area contributed by atoms with Crippen LogP contribution in [0.4, 0.5) is 0 Å². The summed E-state index contributed by atoms with van der Waals surface area (Å²) >= 11 is 7.30. The van der Waals surface area contributed by atoms with E-state index in [2.05, 4.69) is 22.3 Å². The number of ether oxygens (including phenoxy) is 1. The summed E-state index contributed by atoms with van der Waals surface area (Å²) in [5, 5.41) is 10.1. The first-order chi connectivity index (χ1) is 15.6. The van der Waals surface area contributed by atoms with Crippen LogP contribution in [0.3, 0.4) is 0 Å². The van der Waals surface area contributed by atoms with Gasteiger partial charge in [-0.25, -0.2) is 0 Å². The molecule has 1 heterocycles. The third-order valence-corrected chi connectivity index (χ3v) is 5.99. The molecule has 0 spiro atoms. The van der Waals surface area contributed by atoms with E-state index in [1.54, 1.807) is 24.3 Å². The molecular weight excluding hydrogens is 442 g/mol. The number of carbonyl (C=O) groups excluding carboxylic acids is 1. The number of aromatic nitrogens is 3. The van der Waals surface area contributed by atoms with Crippen LogP contribution in [0, 0.1) is 0 Å². The van der Waals surface area contributed by atoms with Crippen molar-refractivity contribution in [1.29, 1.82) is 0 Å². The summed E-state index contributed by atoms with van der Waals surface area (Å²) in [5.41, 5.74) is 2.69. The number of hydrogen-bond donors (Lipinski definition) is 0. The zero-order valence-electron chi connectivity index (χ0n) is 17.6. The normalized spacial score (nSPS) is 10.8. The Hall–Kier alpha value is -3.09. The first-order valence-electron chi connectivity index (χ1n) is 10.3. The van der Waals surface area contributed by atoms with Crippen molar-refractivity contribution < 1.29 is 9.53 Å². The molecule has 5 nitrogen and oxygen atoms in total. The van der Waals surface area contributed by atoms with Gasteiger partial charge in [-0.15, -0.1) is 10.2 Å². The van der Waals surface area contributed by atoms with E-state index in [9.17, 15) is 4.79 Å². The van der Waals surface area contributed by atoms with Crippen LogP contribution in [0.1, 0.15) is 28.7 Å². The summed E-state index contributed by atoms with van der Waals surface area (Å²) in [6, 6.07) is 24.9. The van der Waals surface area contributed by atoms with E-state index >= 15 is 0 Å². The molecule has 0 aliphatic heterocycles. The van der Waals surface area contributed by atoms with E-state index in [4.69, 9.17) is 16.3 Å². The van der Waals surface area contributed by atoms with Gasteiger partial charge in [0.2, 0.25) is 0 Å². The van der Waals surface area contributed by atoms with E-state index in [1.165, 1.54) is 11.8 Å². The average Bonchev–Trinajstić information content (AvgIpc) is 3.21. The second-order valence-electron chi connectivity index (χ2n) is 7.04.